The summed E-state index contributed by atoms with van der Waals surface area (Å²) >= 11 is 5.40. The molecule has 0 heterocycles. The molecule has 0 fully saturated rings. The summed E-state index contributed by atoms with van der Waals surface area (Å²) in [7, 11) is 0. The van der Waals surface area contributed by atoms with Gasteiger partial charge in [0.25, 0.3) is 0 Å². The Morgan fingerprint density at radius 3 is 2.12 bits per heavy atom. The highest BCUT2D eigenvalue weighted by molar-refractivity contribution is 6.18. The maximum absolute atomic E-state index is 9.06. The van der Waals surface area contributed by atoms with E-state index >= 15 is 0 Å². The molecule has 0 aromatic carbocycles. The second-order valence-electron chi connectivity index (χ2n) is 3.46. The molecular formula is C11H23ClO4. The van der Waals surface area contributed by atoms with Gasteiger partial charge in [0.1, 0.15) is 0 Å². The van der Waals surface area contributed by atoms with Gasteiger partial charge in [0.15, 0.2) is 0 Å². The molecule has 0 rings (SSSR count). The van der Waals surface area contributed by atoms with Crippen molar-refractivity contribution in [2.45, 2.75) is 25.9 Å². The highest BCUT2D eigenvalue weighted by atomic mass is 35.5. The third-order valence-electron chi connectivity index (χ3n) is 1.87. The van der Waals surface area contributed by atoms with E-state index in [1.165, 1.54) is 0 Å². The Morgan fingerprint density at radius 2 is 1.56 bits per heavy atom. The van der Waals surface area contributed by atoms with E-state index in [4.69, 9.17) is 30.9 Å². The minimum absolute atomic E-state index is 0.201. The van der Waals surface area contributed by atoms with Crippen molar-refractivity contribution in [1.29, 1.82) is 0 Å². The molecule has 0 aromatic heterocycles. The van der Waals surface area contributed by atoms with Crippen LogP contribution in [0.1, 0.15) is 19.8 Å². The predicted molar refractivity (Wildman–Crippen MR) is 64.1 cm³/mol. The molecule has 1 atom stereocenters. The number of ether oxygens (including phenoxy) is 3. The lowest BCUT2D eigenvalue weighted by atomic mass is 10.4. The standard InChI is InChI=1S/C11H23ClO4/c1-2-3-4-14-5-6-15-7-8-16-10-11(13)9-12/h11,13H,2-10H2,1H3/t11-/m0/s1. The van der Waals surface area contributed by atoms with Crippen LogP contribution >= 0.6 is 11.6 Å². The fourth-order valence-corrected chi connectivity index (χ4v) is 1.04. The van der Waals surface area contributed by atoms with Crippen molar-refractivity contribution in [3.8, 4) is 0 Å². The Bertz CT molecular complexity index is 135. The van der Waals surface area contributed by atoms with E-state index < -0.39 is 6.10 Å². The van der Waals surface area contributed by atoms with Crippen molar-refractivity contribution >= 4 is 11.6 Å². The molecule has 98 valence electrons. The van der Waals surface area contributed by atoms with E-state index in [-0.39, 0.29) is 12.5 Å². The number of aliphatic hydroxyl groups excluding tert-OH is 1. The van der Waals surface area contributed by atoms with E-state index in [9.17, 15) is 0 Å². The first-order valence-corrected chi connectivity index (χ1v) is 6.32. The largest absolute Gasteiger partial charge is 0.389 e. The van der Waals surface area contributed by atoms with Crippen LogP contribution in [0.2, 0.25) is 0 Å². The van der Waals surface area contributed by atoms with Crippen LogP contribution in [0.5, 0.6) is 0 Å². The fourth-order valence-electron chi connectivity index (χ4n) is 0.950. The van der Waals surface area contributed by atoms with Gasteiger partial charge < -0.3 is 19.3 Å². The van der Waals surface area contributed by atoms with Gasteiger partial charge in [-0.1, -0.05) is 13.3 Å². The van der Waals surface area contributed by atoms with Gasteiger partial charge in [-0.2, -0.15) is 0 Å². The Labute approximate surface area is 103 Å². The quantitative estimate of drug-likeness (QED) is 0.423. The van der Waals surface area contributed by atoms with Crippen molar-refractivity contribution in [3.05, 3.63) is 0 Å². The van der Waals surface area contributed by atoms with E-state index in [0.29, 0.717) is 26.4 Å². The molecule has 0 spiro atoms. The molecule has 0 aromatic rings. The number of hydrogen-bond donors (Lipinski definition) is 1. The van der Waals surface area contributed by atoms with Crippen LogP contribution in [0, 0.1) is 0 Å². The van der Waals surface area contributed by atoms with Gasteiger partial charge in [-0.3, -0.25) is 0 Å². The molecule has 0 aliphatic heterocycles. The zero-order valence-corrected chi connectivity index (χ0v) is 10.7. The highest BCUT2D eigenvalue weighted by Gasteiger charge is 2.00. The molecule has 0 radical (unpaired) electrons. The lowest BCUT2D eigenvalue weighted by molar-refractivity contribution is -0.00552. The van der Waals surface area contributed by atoms with Gasteiger partial charge in [0.2, 0.25) is 0 Å². The molecule has 5 heteroatoms. The highest BCUT2D eigenvalue weighted by Crippen LogP contribution is 1.90. The van der Waals surface area contributed by atoms with Crippen LogP contribution in [0.4, 0.5) is 0 Å². The first kappa shape index (κ1) is 16.1. The summed E-state index contributed by atoms with van der Waals surface area (Å²) in [6, 6.07) is 0. The third kappa shape index (κ3) is 12.2. The Morgan fingerprint density at radius 1 is 1.00 bits per heavy atom. The predicted octanol–water partition coefficient (Wildman–Crippen LogP) is 1.44. The van der Waals surface area contributed by atoms with Crippen molar-refractivity contribution < 1.29 is 19.3 Å². The van der Waals surface area contributed by atoms with Crippen molar-refractivity contribution in [2.24, 2.45) is 0 Å². The molecule has 0 bridgehead atoms. The summed E-state index contributed by atoms with van der Waals surface area (Å²) in [5.41, 5.74) is 0. The van der Waals surface area contributed by atoms with Crippen LogP contribution in [0.3, 0.4) is 0 Å². The first-order valence-electron chi connectivity index (χ1n) is 5.78. The second kappa shape index (κ2) is 13.2. The molecule has 16 heavy (non-hydrogen) atoms. The van der Waals surface area contributed by atoms with E-state index in [2.05, 4.69) is 6.92 Å². The van der Waals surface area contributed by atoms with Crippen LogP contribution in [-0.2, 0) is 14.2 Å². The van der Waals surface area contributed by atoms with Gasteiger partial charge in [-0.25, -0.2) is 0 Å². The number of halogens is 1. The van der Waals surface area contributed by atoms with Gasteiger partial charge in [-0.15, -0.1) is 11.6 Å². The third-order valence-corrected chi connectivity index (χ3v) is 2.23. The van der Waals surface area contributed by atoms with Gasteiger partial charge >= 0.3 is 0 Å². The monoisotopic (exact) mass is 254 g/mol. The summed E-state index contributed by atoms with van der Waals surface area (Å²) in [5, 5.41) is 9.06. The van der Waals surface area contributed by atoms with Crippen LogP contribution in [0.15, 0.2) is 0 Å². The summed E-state index contributed by atoms with van der Waals surface area (Å²) < 4.78 is 15.7. The minimum atomic E-state index is -0.584. The molecule has 0 aliphatic carbocycles. The number of aliphatic hydroxyl groups is 1. The zero-order valence-electron chi connectivity index (χ0n) is 9.99. The average molecular weight is 255 g/mol. The maximum Gasteiger partial charge on any atom is 0.0908 e. The number of unbranched alkanes of at least 4 members (excludes halogenated alkanes) is 1. The Balaban J connectivity index is 2.93. The Hall–Kier alpha value is 0.130. The Kier molecular flexibility index (Phi) is 13.3. The fraction of sp³-hybridized carbons (Fsp3) is 1.00. The van der Waals surface area contributed by atoms with Gasteiger partial charge in [0.05, 0.1) is 45.0 Å². The lowest BCUT2D eigenvalue weighted by Crippen LogP contribution is -2.19. The lowest BCUT2D eigenvalue weighted by Gasteiger charge is -2.08. The van der Waals surface area contributed by atoms with Crippen molar-refractivity contribution in [2.75, 3.05) is 45.5 Å². The summed E-state index contributed by atoms with van der Waals surface area (Å²) in [6.07, 6.45) is 1.66. The van der Waals surface area contributed by atoms with E-state index in [1.54, 1.807) is 0 Å². The van der Waals surface area contributed by atoms with Crippen molar-refractivity contribution in [1.82, 2.24) is 0 Å². The van der Waals surface area contributed by atoms with Crippen molar-refractivity contribution in [3.63, 3.8) is 0 Å². The maximum atomic E-state index is 9.06. The molecule has 0 unspecified atom stereocenters. The topological polar surface area (TPSA) is 47.9 Å². The number of alkyl halides is 1. The summed E-state index contributed by atoms with van der Waals surface area (Å²) in [6.45, 7) is 5.41. The molecule has 0 saturated heterocycles. The second-order valence-corrected chi connectivity index (χ2v) is 3.77. The average Bonchev–Trinajstić information content (AvgIpc) is 2.31. The molecule has 4 nitrogen and oxygen atoms in total. The molecule has 1 N–H and O–H groups in total. The first-order chi connectivity index (χ1) is 7.81. The number of hydrogen-bond acceptors (Lipinski definition) is 4. The zero-order chi connectivity index (χ0) is 12.1. The van der Waals surface area contributed by atoms with Gasteiger partial charge in [0, 0.05) is 6.61 Å². The smallest absolute Gasteiger partial charge is 0.0908 e. The normalized spacial score (nSPS) is 12.9. The molecule has 0 amide bonds. The minimum Gasteiger partial charge on any atom is -0.389 e. The molecule has 0 saturated carbocycles. The molecular weight excluding hydrogens is 232 g/mol. The van der Waals surface area contributed by atoms with Crippen LogP contribution in [-0.4, -0.2) is 56.7 Å². The van der Waals surface area contributed by atoms with Crippen LogP contribution < -0.4 is 0 Å². The van der Waals surface area contributed by atoms with E-state index in [1.807, 2.05) is 0 Å². The SMILES string of the molecule is CCCCOCCOCCOC[C@@H](O)CCl. The van der Waals surface area contributed by atoms with Crippen LogP contribution in [0.25, 0.3) is 0 Å². The summed E-state index contributed by atoms with van der Waals surface area (Å²) in [5.74, 6) is 0.201. The summed E-state index contributed by atoms with van der Waals surface area (Å²) in [4.78, 5) is 0. The molecule has 0 aliphatic rings. The number of rotatable bonds is 12. The van der Waals surface area contributed by atoms with Gasteiger partial charge in [-0.05, 0) is 6.42 Å². The van der Waals surface area contributed by atoms with E-state index in [0.717, 1.165) is 19.4 Å².